The highest BCUT2D eigenvalue weighted by molar-refractivity contribution is 8.15. The number of H-pyrrole nitrogens is 1. The molecule has 0 bridgehead atoms. The lowest BCUT2D eigenvalue weighted by atomic mass is 10.2. The highest BCUT2D eigenvalue weighted by Gasteiger charge is 2.23. The van der Waals surface area contributed by atoms with Crippen LogP contribution < -0.4 is 9.47 Å². The number of hydrogen-bond donors (Lipinski definition) is 1. The van der Waals surface area contributed by atoms with Crippen LogP contribution in [0.3, 0.4) is 0 Å². The minimum atomic E-state index is -0.253. The molecule has 180 valence electrons. The number of nitrogens with zero attached hydrogens (tertiary/aromatic N) is 2. The summed E-state index contributed by atoms with van der Waals surface area (Å²) in [7, 11) is 1.64. The minimum absolute atomic E-state index is 0.00375. The van der Waals surface area contributed by atoms with Gasteiger partial charge in [-0.25, -0.2) is 0 Å². The van der Waals surface area contributed by atoms with Gasteiger partial charge in [-0.2, -0.15) is 0 Å². The lowest BCUT2D eigenvalue weighted by molar-refractivity contribution is -0.141. The Morgan fingerprint density at radius 2 is 2.09 bits per heavy atom. The molecular formula is C25H29N3O5S. The van der Waals surface area contributed by atoms with Crippen LogP contribution in [-0.4, -0.2) is 52.6 Å². The SMILES string of the molecule is COCc1ccc(Oc2cc(OC(C)C)c3[nH]c(C4=NCC(CCOC(C)=O)S4)cc3c2)cn1. The molecule has 1 unspecified atom stereocenters. The molecule has 2 aromatic heterocycles. The van der Waals surface area contributed by atoms with E-state index in [1.165, 1.54) is 6.92 Å². The molecule has 0 amide bonds. The average molecular weight is 484 g/mol. The van der Waals surface area contributed by atoms with Gasteiger partial charge in [0.05, 0.1) is 49.0 Å². The molecule has 0 radical (unpaired) electrons. The summed E-state index contributed by atoms with van der Waals surface area (Å²) in [6.45, 7) is 6.98. The van der Waals surface area contributed by atoms with E-state index in [2.05, 4.69) is 16.0 Å². The van der Waals surface area contributed by atoms with Gasteiger partial charge in [0.25, 0.3) is 0 Å². The average Bonchev–Trinajstić information content (AvgIpc) is 3.42. The lowest BCUT2D eigenvalue weighted by Crippen LogP contribution is -2.10. The molecular weight excluding hydrogens is 454 g/mol. The molecule has 0 aliphatic carbocycles. The van der Waals surface area contributed by atoms with Gasteiger partial charge >= 0.3 is 5.97 Å². The number of esters is 1. The van der Waals surface area contributed by atoms with E-state index in [4.69, 9.17) is 23.9 Å². The normalized spacial score (nSPS) is 15.6. The number of ether oxygens (including phenoxy) is 4. The number of carbonyl (C=O) groups excluding carboxylic acids is 1. The fourth-order valence-electron chi connectivity index (χ4n) is 3.60. The van der Waals surface area contributed by atoms with E-state index in [1.807, 2.05) is 38.1 Å². The zero-order chi connectivity index (χ0) is 24.1. The third-order valence-corrected chi connectivity index (χ3v) is 6.34. The number of hydrogen-bond acceptors (Lipinski definition) is 8. The highest BCUT2D eigenvalue weighted by Crippen LogP contribution is 2.36. The number of pyridine rings is 1. The standard InChI is InChI=1S/C25H29N3O5S/c1-15(2)32-23-11-20(33-19-6-5-18(14-30-4)26-12-19)9-17-10-22(28-24(17)23)25-27-13-21(34-25)7-8-31-16(3)29/h5-6,9-12,15,21,28H,7-8,13-14H2,1-4H3. The monoisotopic (exact) mass is 483 g/mol. The van der Waals surface area contributed by atoms with Crippen molar-refractivity contribution >= 4 is 33.7 Å². The number of fused-ring (bicyclic) bond motifs is 1. The Labute approximate surface area is 203 Å². The Balaban J connectivity index is 1.54. The number of nitrogens with one attached hydrogen (secondary N) is 1. The van der Waals surface area contributed by atoms with E-state index in [1.54, 1.807) is 25.1 Å². The zero-order valence-electron chi connectivity index (χ0n) is 19.8. The third-order valence-electron chi connectivity index (χ3n) is 5.05. The van der Waals surface area contributed by atoms with E-state index in [9.17, 15) is 4.79 Å². The topological polar surface area (TPSA) is 95.0 Å². The molecule has 1 aliphatic heterocycles. The molecule has 9 heteroatoms. The number of rotatable bonds is 10. The second-order valence-corrected chi connectivity index (χ2v) is 9.56. The summed E-state index contributed by atoms with van der Waals surface area (Å²) >= 11 is 1.70. The number of aliphatic imine (C=N–C) groups is 1. The Morgan fingerprint density at radius 1 is 1.24 bits per heavy atom. The molecule has 3 heterocycles. The molecule has 0 spiro atoms. The first-order valence-electron chi connectivity index (χ1n) is 11.2. The molecule has 1 atom stereocenters. The molecule has 3 aromatic rings. The first kappa shape index (κ1) is 24.1. The van der Waals surface area contributed by atoms with Crippen molar-refractivity contribution in [2.45, 2.75) is 45.2 Å². The van der Waals surface area contributed by atoms with E-state index in [0.29, 0.717) is 42.3 Å². The van der Waals surface area contributed by atoms with Crippen LogP contribution in [-0.2, 0) is 20.9 Å². The zero-order valence-corrected chi connectivity index (χ0v) is 20.6. The summed E-state index contributed by atoms with van der Waals surface area (Å²) in [5.74, 6) is 1.76. The first-order valence-corrected chi connectivity index (χ1v) is 12.1. The second-order valence-electron chi connectivity index (χ2n) is 8.27. The minimum Gasteiger partial charge on any atom is -0.489 e. The molecule has 4 rings (SSSR count). The van der Waals surface area contributed by atoms with Crippen molar-refractivity contribution in [2.75, 3.05) is 20.3 Å². The van der Waals surface area contributed by atoms with Gasteiger partial charge in [-0.05, 0) is 44.5 Å². The molecule has 0 saturated carbocycles. The molecule has 1 N–H and O–H groups in total. The molecule has 1 aliphatic rings. The maximum atomic E-state index is 11.0. The summed E-state index contributed by atoms with van der Waals surface area (Å²) in [6, 6.07) is 9.68. The Hall–Kier alpha value is -3.04. The van der Waals surface area contributed by atoms with Crippen molar-refractivity contribution in [3.8, 4) is 17.2 Å². The molecule has 8 nitrogen and oxygen atoms in total. The number of thioether (sulfide) groups is 1. The summed E-state index contributed by atoms with van der Waals surface area (Å²) in [6.07, 6.45) is 2.46. The van der Waals surface area contributed by atoms with Gasteiger partial charge in [0.1, 0.15) is 22.3 Å². The fourth-order valence-corrected chi connectivity index (χ4v) is 4.66. The number of aromatic nitrogens is 2. The van der Waals surface area contributed by atoms with E-state index >= 15 is 0 Å². The Bertz CT molecular complexity index is 1170. The predicted octanol–water partition coefficient (Wildman–Crippen LogP) is 5.10. The van der Waals surface area contributed by atoms with Crippen LogP contribution in [0.2, 0.25) is 0 Å². The van der Waals surface area contributed by atoms with Gasteiger partial charge in [0.15, 0.2) is 0 Å². The first-order chi connectivity index (χ1) is 16.4. The van der Waals surface area contributed by atoms with Crippen LogP contribution in [0, 0.1) is 0 Å². The summed E-state index contributed by atoms with van der Waals surface area (Å²) < 4.78 is 22.4. The maximum Gasteiger partial charge on any atom is 0.302 e. The van der Waals surface area contributed by atoms with Crippen molar-refractivity contribution in [3.05, 3.63) is 47.9 Å². The van der Waals surface area contributed by atoms with Crippen molar-refractivity contribution in [1.82, 2.24) is 9.97 Å². The van der Waals surface area contributed by atoms with Crippen molar-refractivity contribution in [1.29, 1.82) is 0 Å². The number of methoxy groups -OCH3 is 1. The van der Waals surface area contributed by atoms with Crippen LogP contribution in [0.5, 0.6) is 17.2 Å². The van der Waals surface area contributed by atoms with Crippen LogP contribution in [0.25, 0.3) is 10.9 Å². The number of benzene rings is 1. The Morgan fingerprint density at radius 3 is 2.79 bits per heavy atom. The van der Waals surface area contributed by atoms with Crippen LogP contribution in [0.4, 0.5) is 0 Å². The lowest BCUT2D eigenvalue weighted by Gasteiger charge is -2.13. The van der Waals surface area contributed by atoms with Crippen LogP contribution >= 0.6 is 11.8 Å². The third kappa shape index (κ3) is 6.09. The largest absolute Gasteiger partial charge is 0.489 e. The number of carbonyl (C=O) groups is 1. The van der Waals surface area contributed by atoms with Gasteiger partial charge in [-0.1, -0.05) is 11.8 Å². The fraction of sp³-hybridized carbons (Fsp3) is 0.400. The van der Waals surface area contributed by atoms with Crippen molar-refractivity contribution in [2.24, 2.45) is 4.99 Å². The van der Waals surface area contributed by atoms with Crippen LogP contribution in [0.1, 0.15) is 38.6 Å². The van der Waals surface area contributed by atoms with Crippen LogP contribution in [0.15, 0.2) is 41.5 Å². The Kier molecular flexibility index (Phi) is 7.74. The van der Waals surface area contributed by atoms with Crippen molar-refractivity contribution in [3.63, 3.8) is 0 Å². The van der Waals surface area contributed by atoms with E-state index in [0.717, 1.165) is 33.8 Å². The van der Waals surface area contributed by atoms with Gasteiger partial charge < -0.3 is 23.9 Å². The van der Waals surface area contributed by atoms with Crippen molar-refractivity contribution < 1.29 is 23.7 Å². The quantitative estimate of drug-likeness (QED) is 0.401. The van der Waals surface area contributed by atoms with E-state index in [-0.39, 0.29) is 12.1 Å². The van der Waals surface area contributed by atoms with E-state index < -0.39 is 0 Å². The van der Waals surface area contributed by atoms with Gasteiger partial charge in [0, 0.05) is 30.7 Å². The maximum absolute atomic E-state index is 11.0. The van der Waals surface area contributed by atoms with Gasteiger partial charge in [-0.15, -0.1) is 0 Å². The second kappa shape index (κ2) is 10.9. The summed E-state index contributed by atoms with van der Waals surface area (Å²) in [5.41, 5.74) is 2.67. The smallest absolute Gasteiger partial charge is 0.302 e. The molecule has 0 saturated heterocycles. The summed E-state index contributed by atoms with van der Waals surface area (Å²) in [4.78, 5) is 23.5. The predicted molar refractivity (Wildman–Crippen MR) is 133 cm³/mol. The molecule has 34 heavy (non-hydrogen) atoms. The highest BCUT2D eigenvalue weighted by atomic mass is 32.2. The molecule has 1 aromatic carbocycles. The van der Waals surface area contributed by atoms with Gasteiger partial charge in [0.2, 0.25) is 0 Å². The van der Waals surface area contributed by atoms with Gasteiger partial charge in [-0.3, -0.25) is 14.8 Å². The number of aromatic amines is 1. The summed E-state index contributed by atoms with van der Waals surface area (Å²) in [5, 5.41) is 2.21. The molecule has 0 fully saturated rings.